The van der Waals surface area contributed by atoms with E-state index in [1.165, 1.54) is 0 Å². The monoisotopic (exact) mass is 264 g/mol. The number of aliphatic carboxylic acids is 1. The molecular weight excluding hydrogens is 244 g/mol. The predicted octanol–water partition coefficient (Wildman–Crippen LogP) is 1.55. The van der Waals surface area contributed by atoms with Gasteiger partial charge in [0.1, 0.15) is 0 Å². The van der Waals surface area contributed by atoms with Gasteiger partial charge in [-0.3, -0.25) is 9.59 Å². The van der Waals surface area contributed by atoms with Gasteiger partial charge in [-0.2, -0.15) is 0 Å². The number of nitrogens with zero attached hydrogens (tertiary/aromatic N) is 1. The number of amides is 1. The molecule has 104 valence electrons. The minimum absolute atomic E-state index is 0.102. The van der Waals surface area contributed by atoms with Crippen LogP contribution in [-0.2, 0) is 15.0 Å². The molecule has 0 saturated heterocycles. The highest BCUT2D eigenvalue weighted by Crippen LogP contribution is 2.24. The quantitative estimate of drug-likeness (QED) is 0.846. The number of benzene rings is 1. The number of rotatable bonds is 5. The molecule has 5 nitrogen and oxygen atoms in total. The Hall–Kier alpha value is -1.88. The Balaban J connectivity index is 2.77. The van der Waals surface area contributed by atoms with E-state index in [4.69, 9.17) is 5.11 Å². The highest BCUT2D eigenvalue weighted by atomic mass is 16.4. The average molecular weight is 264 g/mol. The lowest BCUT2D eigenvalue weighted by molar-refractivity contribution is -0.142. The minimum Gasteiger partial charge on any atom is -0.481 e. The van der Waals surface area contributed by atoms with Crippen molar-refractivity contribution in [3.05, 3.63) is 29.8 Å². The van der Waals surface area contributed by atoms with Gasteiger partial charge in [0, 0.05) is 5.69 Å². The molecule has 1 amide bonds. The zero-order chi connectivity index (χ0) is 14.6. The summed E-state index contributed by atoms with van der Waals surface area (Å²) in [6.07, 6.45) is 0. The lowest BCUT2D eigenvalue weighted by atomic mass is 9.85. The van der Waals surface area contributed by atoms with Crippen LogP contribution in [0.4, 0.5) is 5.69 Å². The van der Waals surface area contributed by atoms with Crippen LogP contribution in [0.2, 0.25) is 0 Å². The molecule has 0 atom stereocenters. The summed E-state index contributed by atoms with van der Waals surface area (Å²) in [5, 5.41) is 11.9. The van der Waals surface area contributed by atoms with Gasteiger partial charge in [-0.15, -0.1) is 0 Å². The third kappa shape index (κ3) is 4.06. The van der Waals surface area contributed by atoms with Crippen molar-refractivity contribution in [2.45, 2.75) is 19.3 Å². The van der Waals surface area contributed by atoms with Crippen molar-refractivity contribution in [3.63, 3.8) is 0 Å². The van der Waals surface area contributed by atoms with E-state index in [0.29, 0.717) is 17.8 Å². The first-order valence-electron chi connectivity index (χ1n) is 6.02. The van der Waals surface area contributed by atoms with Crippen molar-refractivity contribution in [2.75, 3.05) is 26.0 Å². The number of carbonyl (C=O) groups excluding carboxylic acids is 1. The van der Waals surface area contributed by atoms with Gasteiger partial charge in [0.25, 0.3) is 0 Å². The van der Waals surface area contributed by atoms with Gasteiger partial charge in [-0.1, -0.05) is 12.1 Å². The number of anilines is 1. The van der Waals surface area contributed by atoms with Crippen molar-refractivity contribution in [3.8, 4) is 0 Å². The molecule has 1 rings (SSSR count). The SMILES string of the molecule is CN(C)CC(=O)Nc1ccc(C(C)(C)C(=O)O)cc1. The van der Waals surface area contributed by atoms with E-state index in [0.717, 1.165) is 0 Å². The number of carboxylic acid groups (broad SMARTS) is 1. The van der Waals surface area contributed by atoms with E-state index in [1.807, 2.05) is 14.1 Å². The Bertz CT molecular complexity index is 464. The van der Waals surface area contributed by atoms with Crippen LogP contribution >= 0.6 is 0 Å². The molecule has 0 spiro atoms. The summed E-state index contributed by atoms with van der Waals surface area (Å²) in [4.78, 5) is 24.5. The van der Waals surface area contributed by atoms with Gasteiger partial charge < -0.3 is 15.3 Å². The number of likely N-dealkylation sites (N-methyl/N-ethyl adjacent to an activating group) is 1. The molecule has 19 heavy (non-hydrogen) atoms. The van der Waals surface area contributed by atoms with Crippen LogP contribution in [0.1, 0.15) is 19.4 Å². The summed E-state index contributed by atoms with van der Waals surface area (Å²) < 4.78 is 0. The first kappa shape index (κ1) is 15.2. The molecule has 0 radical (unpaired) electrons. The molecule has 0 fully saturated rings. The van der Waals surface area contributed by atoms with E-state index < -0.39 is 11.4 Å². The lowest BCUT2D eigenvalue weighted by Gasteiger charge is -2.20. The van der Waals surface area contributed by atoms with E-state index in [9.17, 15) is 9.59 Å². The number of hydrogen-bond acceptors (Lipinski definition) is 3. The van der Waals surface area contributed by atoms with E-state index >= 15 is 0 Å². The molecule has 0 heterocycles. The van der Waals surface area contributed by atoms with Gasteiger partial charge in [0.15, 0.2) is 0 Å². The maximum atomic E-state index is 11.6. The molecule has 2 N–H and O–H groups in total. The predicted molar refractivity (Wildman–Crippen MR) is 74.3 cm³/mol. The smallest absolute Gasteiger partial charge is 0.313 e. The van der Waals surface area contributed by atoms with Crippen molar-refractivity contribution >= 4 is 17.6 Å². The zero-order valence-electron chi connectivity index (χ0n) is 11.7. The molecule has 1 aromatic carbocycles. The van der Waals surface area contributed by atoms with Crippen LogP contribution in [0.5, 0.6) is 0 Å². The highest BCUT2D eigenvalue weighted by Gasteiger charge is 2.29. The fourth-order valence-corrected chi connectivity index (χ4v) is 1.58. The first-order chi connectivity index (χ1) is 8.73. The normalized spacial score (nSPS) is 11.4. The van der Waals surface area contributed by atoms with Crippen LogP contribution < -0.4 is 5.32 Å². The maximum Gasteiger partial charge on any atom is 0.313 e. The second kappa shape index (κ2) is 5.84. The molecule has 0 aliphatic carbocycles. The Kier molecular flexibility index (Phi) is 4.67. The van der Waals surface area contributed by atoms with Crippen molar-refractivity contribution in [2.24, 2.45) is 0 Å². The molecule has 0 saturated carbocycles. The van der Waals surface area contributed by atoms with Crippen molar-refractivity contribution < 1.29 is 14.7 Å². The summed E-state index contributed by atoms with van der Waals surface area (Å²) in [7, 11) is 3.64. The first-order valence-corrected chi connectivity index (χ1v) is 6.02. The third-order valence-electron chi connectivity index (χ3n) is 2.88. The van der Waals surface area contributed by atoms with Gasteiger partial charge in [0.2, 0.25) is 5.91 Å². The van der Waals surface area contributed by atoms with Gasteiger partial charge in [-0.05, 0) is 45.6 Å². The van der Waals surface area contributed by atoms with Crippen LogP contribution in [-0.4, -0.2) is 42.5 Å². The van der Waals surface area contributed by atoms with E-state index in [-0.39, 0.29) is 5.91 Å². The Morgan fingerprint density at radius 1 is 1.21 bits per heavy atom. The van der Waals surface area contributed by atoms with Crippen LogP contribution in [0, 0.1) is 0 Å². The minimum atomic E-state index is -0.938. The molecule has 5 heteroatoms. The second-order valence-electron chi connectivity index (χ2n) is 5.29. The van der Waals surface area contributed by atoms with Gasteiger partial charge >= 0.3 is 5.97 Å². The summed E-state index contributed by atoms with van der Waals surface area (Å²) in [6, 6.07) is 6.87. The molecular formula is C14H20N2O3. The van der Waals surface area contributed by atoms with Crippen LogP contribution in [0.25, 0.3) is 0 Å². The molecule has 0 bridgehead atoms. The van der Waals surface area contributed by atoms with E-state index in [1.54, 1.807) is 43.0 Å². The zero-order valence-corrected chi connectivity index (χ0v) is 11.7. The Morgan fingerprint density at radius 3 is 2.16 bits per heavy atom. The largest absolute Gasteiger partial charge is 0.481 e. The molecule has 1 aromatic rings. The number of nitrogens with one attached hydrogen (secondary N) is 1. The standard InChI is InChI=1S/C14H20N2O3/c1-14(2,13(18)19)10-5-7-11(8-6-10)15-12(17)9-16(3)4/h5-8H,9H2,1-4H3,(H,15,17)(H,18,19). The number of hydrogen-bond donors (Lipinski definition) is 2. The van der Waals surface area contributed by atoms with Crippen molar-refractivity contribution in [1.29, 1.82) is 0 Å². The number of carboxylic acids is 1. The van der Waals surface area contributed by atoms with Crippen LogP contribution in [0.3, 0.4) is 0 Å². The highest BCUT2D eigenvalue weighted by molar-refractivity contribution is 5.92. The van der Waals surface area contributed by atoms with Crippen LogP contribution in [0.15, 0.2) is 24.3 Å². The van der Waals surface area contributed by atoms with Crippen molar-refractivity contribution in [1.82, 2.24) is 4.90 Å². The molecule has 0 aromatic heterocycles. The Morgan fingerprint density at radius 2 is 1.74 bits per heavy atom. The third-order valence-corrected chi connectivity index (χ3v) is 2.88. The van der Waals surface area contributed by atoms with E-state index in [2.05, 4.69) is 5.32 Å². The fourth-order valence-electron chi connectivity index (χ4n) is 1.58. The molecule has 0 aliphatic heterocycles. The molecule has 0 unspecified atom stereocenters. The number of carbonyl (C=O) groups is 2. The van der Waals surface area contributed by atoms with Gasteiger partial charge in [-0.25, -0.2) is 0 Å². The summed E-state index contributed by atoms with van der Waals surface area (Å²) >= 11 is 0. The second-order valence-corrected chi connectivity index (χ2v) is 5.29. The van der Waals surface area contributed by atoms with Gasteiger partial charge in [0.05, 0.1) is 12.0 Å². The maximum absolute atomic E-state index is 11.6. The summed E-state index contributed by atoms with van der Waals surface area (Å²) in [6.45, 7) is 3.60. The Labute approximate surface area is 113 Å². The lowest BCUT2D eigenvalue weighted by Crippen LogP contribution is -2.29. The summed E-state index contributed by atoms with van der Waals surface area (Å²) in [5.74, 6) is -0.980. The summed E-state index contributed by atoms with van der Waals surface area (Å²) in [5.41, 5.74) is 0.425. The topological polar surface area (TPSA) is 69.6 Å². The fraction of sp³-hybridized carbons (Fsp3) is 0.429. The average Bonchev–Trinajstić information content (AvgIpc) is 2.28. The molecule has 0 aliphatic rings.